The van der Waals surface area contributed by atoms with E-state index in [0.717, 1.165) is 12.2 Å². The minimum Gasteiger partial charge on any atom is -0.394 e. The lowest BCUT2D eigenvalue weighted by Gasteiger charge is -2.03. The fourth-order valence-corrected chi connectivity index (χ4v) is 1.00. The van der Waals surface area contributed by atoms with Crippen LogP contribution in [0.1, 0.15) is 19.7 Å². The highest BCUT2D eigenvalue weighted by atomic mass is 16.3. The van der Waals surface area contributed by atoms with Crippen molar-refractivity contribution in [1.29, 1.82) is 0 Å². The molecule has 0 fully saturated rings. The van der Waals surface area contributed by atoms with Gasteiger partial charge in [0.25, 0.3) is 0 Å². The van der Waals surface area contributed by atoms with Crippen molar-refractivity contribution in [2.45, 2.75) is 26.8 Å². The summed E-state index contributed by atoms with van der Waals surface area (Å²) in [6.07, 6.45) is 0.854. The van der Waals surface area contributed by atoms with Crippen LogP contribution in [0.5, 0.6) is 0 Å². The highest BCUT2D eigenvalue weighted by Gasteiger charge is 2.06. The Hall–Kier alpha value is -0.970. The van der Waals surface area contributed by atoms with Crippen LogP contribution in [0.2, 0.25) is 0 Å². The fourth-order valence-electron chi connectivity index (χ4n) is 1.00. The van der Waals surface area contributed by atoms with Gasteiger partial charge < -0.3 is 5.11 Å². The normalized spacial score (nSPS) is 11.0. The van der Waals surface area contributed by atoms with E-state index in [4.69, 9.17) is 5.11 Å². The van der Waals surface area contributed by atoms with E-state index in [2.05, 4.69) is 29.4 Å². The lowest BCUT2D eigenvalue weighted by molar-refractivity contribution is 0.265. The topological polar surface area (TPSA) is 63.8 Å². The number of rotatable bonds is 4. The van der Waals surface area contributed by atoms with Crippen molar-refractivity contribution in [1.82, 2.24) is 20.2 Å². The second-order valence-corrected chi connectivity index (χ2v) is 3.14. The fraction of sp³-hybridized carbons (Fsp3) is 0.857. The molecule has 0 unspecified atom stereocenters. The second kappa shape index (κ2) is 4.15. The molecular weight excluding hydrogens is 156 g/mol. The molecule has 0 aromatic carbocycles. The minimum absolute atomic E-state index is 0.0795. The van der Waals surface area contributed by atoms with Crippen molar-refractivity contribution in [2.24, 2.45) is 5.92 Å². The summed E-state index contributed by atoms with van der Waals surface area (Å²) in [5, 5.41) is 19.8. The highest BCUT2D eigenvalue weighted by Crippen LogP contribution is 2.02. The van der Waals surface area contributed by atoms with E-state index in [1.165, 1.54) is 0 Å². The zero-order valence-electron chi connectivity index (χ0n) is 7.43. The summed E-state index contributed by atoms with van der Waals surface area (Å²) in [7, 11) is 0. The molecule has 0 amide bonds. The molecule has 0 spiro atoms. The average molecular weight is 170 g/mol. The van der Waals surface area contributed by atoms with Crippen LogP contribution in [0.25, 0.3) is 0 Å². The van der Waals surface area contributed by atoms with Crippen LogP contribution in [0.4, 0.5) is 0 Å². The summed E-state index contributed by atoms with van der Waals surface area (Å²) < 4.78 is 1.64. The van der Waals surface area contributed by atoms with E-state index in [-0.39, 0.29) is 6.61 Å². The Bertz CT molecular complexity index is 233. The Morgan fingerprint density at radius 2 is 2.25 bits per heavy atom. The SMILES string of the molecule is CC(C)Cc1nnnn1CCO. The van der Waals surface area contributed by atoms with Crippen LogP contribution in [0, 0.1) is 5.92 Å². The molecule has 0 bridgehead atoms. The maximum absolute atomic E-state index is 8.68. The minimum atomic E-state index is 0.0795. The van der Waals surface area contributed by atoms with Crippen LogP contribution < -0.4 is 0 Å². The molecule has 0 saturated carbocycles. The molecule has 68 valence electrons. The third kappa shape index (κ3) is 2.27. The van der Waals surface area contributed by atoms with Crippen molar-refractivity contribution in [3.8, 4) is 0 Å². The van der Waals surface area contributed by atoms with Gasteiger partial charge in [-0.25, -0.2) is 4.68 Å². The standard InChI is InChI=1S/C7H14N4O/c1-6(2)5-7-8-9-10-11(7)3-4-12/h6,12H,3-5H2,1-2H3. The number of aliphatic hydroxyl groups is 1. The Kier molecular flexibility index (Phi) is 3.16. The Morgan fingerprint density at radius 3 is 2.83 bits per heavy atom. The summed E-state index contributed by atoms with van der Waals surface area (Å²) in [4.78, 5) is 0. The number of nitrogens with zero attached hydrogens (tertiary/aromatic N) is 4. The molecule has 0 atom stereocenters. The van der Waals surface area contributed by atoms with Gasteiger partial charge in [-0.15, -0.1) is 5.10 Å². The smallest absolute Gasteiger partial charge is 0.151 e. The van der Waals surface area contributed by atoms with Crippen molar-refractivity contribution >= 4 is 0 Å². The Labute approximate surface area is 71.4 Å². The van der Waals surface area contributed by atoms with Crippen LogP contribution in [0.15, 0.2) is 0 Å². The third-order valence-corrected chi connectivity index (χ3v) is 1.51. The van der Waals surface area contributed by atoms with Gasteiger partial charge in [0.1, 0.15) is 0 Å². The number of tetrazole rings is 1. The van der Waals surface area contributed by atoms with Gasteiger partial charge in [0, 0.05) is 6.42 Å². The first-order chi connectivity index (χ1) is 5.74. The first-order valence-corrected chi connectivity index (χ1v) is 4.10. The number of hydrogen-bond donors (Lipinski definition) is 1. The molecule has 0 aliphatic heterocycles. The first kappa shape index (κ1) is 9.12. The van der Waals surface area contributed by atoms with Gasteiger partial charge in [-0.3, -0.25) is 0 Å². The molecule has 1 N–H and O–H groups in total. The average Bonchev–Trinajstić information content (AvgIpc) is 2.37. The van der Waals surface area contributed by atoms with E-state index in [9.17, 15) is 0 Å². The summed E-state index contributed by atoms with van der Waals surface area (Å²) in [5.74, 6) is 1.38. The third-order valence-electron chi connectivity index (χ3n) is 1.51. The molecule has 0 aliphatic rings. The largest absolute Gasteiger partial charge is 0.394 e. The summed E-state index contributed by atoms with van der Waals surface area (Å²) in [6, 6.07) is 0. The zero-order chi connectivity index (χ0) is 8.97. The Morgan fingerprint density at radius 1 is 1.50 bits per heavy atom. The maximum atomic E-state index is 8.68. The van der Waals surface area contributed by atoms with E-state index in [0.29, 0.717) is 12.5 Å². The van der Waals surface area contributed by atoms with E-state index < -0.39 is 0 Å². The van der Waals surface area contributed by atoms with Crippen LogP contribution in [-0.2, 0) is 13.0 Å². The van der Waals surface area contributed by atoms with Crippen molar-refractivity contribution < 1.29 is 5.11 Å². The van der Waals surface area contributed by atoms with E-state index in [1.54, 1.807) is 4.68 Å². The predicted molar refractivity (Wildman–Crippen MR) is 43.4 cm³/mol. The van der Waals surface area contributed by atoms with Gasteiger partial charge in [0.2, 0.25) is 0 Å². The highest BCUT2D eigenvalue weighted by molar-refractivity contribution is 4.81. The first-order valence-electron chi connectivity index (χ1n) is 4.10. The monoisotopic (exact) mass is 170 g/mol. The number of aromatic nitrogens is 4. The molecule has 1 aromatic heterocycles. The van der Waals surface area contributed by atoms with Crippen LogP contribution >= 0.6 is 0 Å². The second-order valence-electron chi connectivity index (χ2n) is 3.14. The van der Waals surface area contributed by atoms with Gasteiger partial charge in [-0.2, -0.15) is 0 Å². The van der Waals surface area contributed by atoms with Crippen molar-refractivity contribution in [3.05, 3.63) is 5.82 Å². The van der Waals surface area contributed by atoms with Crippen molar-refractivity contribution in [2.75, 3.05) is 6.61 Å². The lowest BCUT2D eigenvalue weighted by atomic mass is 10.1. The molecule has 0 saturated heterocycles. The van der Waals surface area contributed by atoms with E-state index >= 15 is 0 Å². The molecule has 5 heteroatoms. The molecular formula is C7H14N4O. The van der Waals surface area contributed by atoms with Gasteiger partial charge in [-0.05, 0) is 16.3 Å². The molecule has 12 heavy (non-hydrogen) atoms. The van der Waals surface area contributed by atoms with Crippen LogP contribution in [0.3, 0.4) is 0 Å². The van der Waals surface area contributed by atoms with E-state index in [1.807, 2.05) is 0 Å². The summed E-state index contributed by atoms with van der Waals surface area (Å²) >= 11 is 0. The quantitative estimate of drug-likeness (QED) is 0.683. The molecule has 0 radical (unpaired) electrons. The van der Waals surface area contributed by atoms with Gasteiger partial charge >= 0.3 is 0 Å². The summed E-state index contributed by atoms with van der Waals surface area (Å²) in [5.41, 5.74) is 0. The molecule has 0 aliphatic carbocycles. The molecule has 1 aromatic rings. The Balaban J connectivity index is 2.63. The van der Waals surface area contributed by atoms with Crippen molar-refractivity contribution in [3.63, 3.8) is 0 Å². The number of aliphatic hydroxyl groups excluding tert-OH is 1. The molecule has 5 nitrogen and oxygen atoms in total. The van der Waals surface area contributed by atoms with Gasteiger partial charge in [0.05, 0.1) is 13.2 Å². The summed E-state index contributed by atoms with van der Waals surface area (Å²) in [6.45, 7) is 4.78. The lowest BCUT2D eigenvalue weighted by Crippen LogP contribution is -2.10. The van der Waals surface area contributed by atoms with Gasteiger partial charge in [-0.1, -0.05) is 13.8 Å². The van der Waals surface area contributed by atoms with Crippen LogP contribution in [-0.4, -0.2) is 31.9 Å². The molecule has 1 heterocycles. The zero-order valence-corrected chi connectivity index (χ0v) is 7.43. The number of hydrogen-bond acceptors (Lipinski definition) is 4. The maximum Gasteiger partial charge on any atom is 0.151 e. The molecule has 1 rings (SSSR count). The van der Waals surface area contributed by atoms with Gasteiger partial charge in [0.15, 0.2) is 5.82 Å². The predicted octanol–water partition coefficient (Wildman–Crippen LogP) is -0.136.